The van der Waals surface area contributed by atoms with Crippen LogP contribution in [0, 0.1) is 24.2 Å². The van der Waals surface area contributed by atoms with Gasteiger partial charge in [-0.2, -0.15) is 10.4 Å². The molecule has 1 aromatic heterocycles. The zero-order valence-corrected chi connectivity index (χ0v) is 25.1. The highest BCUT2D eigenvalue weighted by Crippen LogP contribution is 2.42. The van der Waals surface area contributed by atoms with Gasteiger partial charge in [0.25, 0.3) is 0 Å². The number of carbonyl (C=O) groups is 2. The molecule has 8 nitrogen and oxygen atoms in total. The number of carbonyl (C=O) groups excluding carboxylic acids is 1. The summed E-state index contributed by atoms with van der Waals surface area (Å²) in [4.78, 5) is 30.4. The third-order valence-corrected chi connectivity index (χ3v) is 6.85. The van der Waals surface area contributed by atoms with Crippen molar-refractivity contribution in [2.24, 2.45) is 5.92 Å². The molecule has 0 bridgehead atoms. The maximum atomic E-state index is 13.8. The van der Waals surface area contributed by atoms with Gasteiger partial charge in [-0.15, -0.1) is 0 Å². The monoisotopic (exact) mass is 544 g/mol. The fourth-order valence-corrected chi connectivity index (χ4v) is 4.50. The summed E-state index contributed by atoms with van der Waals surface area (Å²) < 4.78 is 6.06. The SMILES string of the molecule is Cc1cc(C(C)(C)C)c(OC(=O)C(c2nc(-c3ccc(C(C)(C)C)cc3)n[nH]2)C(C#N)C(=O)O)c(C(C)(C)C)c1. The molecule has 3 aromatic rings. The van der Waals surface area contributed by atoms with Crippen molar-refractivity contribution in [1.29, 1.82) is 5.26 Å². The van der Waals surface area contributed by atoms with Gasteiger partial charge in [-0.3, -0.25) is 14.7 Å². The van der Waals surface area contributed by atoms with Crippen LogP contribution in [0.3, 0.4) is 0 Å². The summed E-state index contributed by atoms with van der Waals surface area (Å²) in [6.45, 7) is 20.4. The number of benzene rings is 2. The molecule has 2 unspecified atom stereocenters. The quantitative estimate of drug-likeness (QED) is 0.265. The zero-order chi connectivity index (χ0) is 30.2. The predicted molar refractivity (Wildman–Crippen MR) is 154 cm³/mol. The Morgan fingerprint density at radius 3 is 1.88 bits per heavy atom. The maximum absolute atomic E-state index is 13.8. The normalized spacial score (nSPS) is 13.8. The highest BCUT2D eigenvalue weighted by molar-refractivity contribution is 5.88. The molecule has 40 heavy (non-hydrogen) atoms. The van der Waals surface area contributed by atoms with Crippen LogP contribution in [0.5, 0.6) is 5.75 Å². The molecule has 0 saturated carbocycles. The van der Waals surface area contributed by atoms with E-state index in [4.69, 9.17) is 4.74 Å². The number of aromatic nitrogens is 3. The number of rotatable bonds is 6. The zero-order valence-electron chi connectivity index (χ0n) is 25.1. The first-order valence-corrected chi connectivity index (χ1v) is 13.4. The Morgan fingerprint density at radius 2 is 1.45 bits per heavy atom. The molecule has 2 N–H and O–H groups in total. The minimum atomic E-state index is -1.74. The summed E-state index contributed by atoms with van der Waals surface area (Å²) in [5.74, 6) is -4.99. The molecule has 8 heteroatoms. The van der Waals surface area contributed by atoms with Gasteiger partial charge in [0.2, 0.25) is 0 Å². The van der Waals surface area contributed by atoms with E-state index in [0.717, 1.165) is 22.3 Å². The van der Waals surface area contributed by atoms with E-state index in [1.165, 1.54) is 0 Å². The lowest BCUT2D eigenvalue weighted by Gasteiger charge is -2.30. The van der Waals surface area contributed by atoms with Gasteiger partial charge in [0.05, 0.1) is 6.07 Å². The minimum absolute atomic E-state index is 0.0349. The summed E-state index contributed by atoms with van der Waals surface area (Å²) in [5.41, 5.74) is 3.67. The minimum Gasteiger partial charge on any atom is -0.480 e. The van der Waals surface area contributed by atoms with E-state index in [2.05, 4.69) is 36.0 Å². The van der Waals surface area contributed by atoms with Crippen molar-refractivity contribution >= 4 is 11.9 Å². The third kappa shape index (κ3) is 6.59. The lowest BCUT2D eigenvalue weighted by molar-refractivity contribution is -0.147. The van der Waals surface area contributed by atoms with E-state index in [1.807, 2.05) is 84.9 Å². The number of nitrogens with one attached hydrogen (secondary N) is 1. The highest BCUT2D eigenvalue weighted by Gasteiger charge is 2.41. The molecule has 0 aliphatic heterocycles. The first-order chi connectivity index (χ1) is 18.3. The molecule has 1 heterocycles. The highest BCUT2D eigenvalue weighted by atomic mass is 16.5. The Kier molecular flexibility index (Phi) is 8.31. The first kappa shape index (κ1) is 30.6. The van der Waals surface area contributed by atoms with Crippen molar-refractivity contribution in [3.05, 3.63) is 64.5 Å². The van der Waals surface area contributed by atoms with Gasteiger partial charge in [0.15, 0.2) is 11.7 Å². The van der Waals surface area contributed by atoms with E-state index in [0.29, 0.717) is 11.3 Å². The number of nitriles is 1. The van der Waals surface area contributed by atoms with Crippen molar-refractivity contribution in [3.63, 3.8) is 0 Å². The van der Waals surface area contributed by atoms with E-state index >= 15 is 0 Å². The van der Waals surface area contributed by atoms with Crippen LogP contribution in [-0.4, -0.2) is 32.2 Å². The van der Waals surface area contributed by atoms with Crippen LogP contribution in [0.1, 0.15) is 96.3 Å². The summed E-state index contributed by atoms with van der Waals surface area (Å²) in [5, 5.41) is 26.6. The number of carboxylic acids is 1. The van der Waals surface area contributed by atoms with Crippen molar-refractivity contribution in [3.8, 4) is 23.2 Å². The predicted octanol–water partition coefficient (Wildman–Crippen LogP) is 6.59. The average molecular weight is 545 g/mol. The summed E-state index contributed by atoms with van der Waals surface area (Å²) in [6, 6.07) is 13.4. The standard InChI is InChI=1S/C32H40N4O4/c1-18-15-22(31(5,6)7)25(23(16-18)32(8,9)10)40-29(39)24(21(17-33)28(37)38)27-34-26(35-36-27)19-11-13-20(14-12-19)30(2,3)4/h11-16,21,24H,1-10H3,(H,37,38)(H,34,35,36). The number of hydrogen-bond donors (Lipinski definition) is 2. The van der Waals surface area contributed by atoms with Crippen LogP contribution in [-0.2, 0) is 25.8 Å². The third-order valence-electron chi connectivity index (χ3n) is 6.85. The number of aromatic amines is 1. The Labute approximate surface area is 236 Å². The molecular weight excluding hydrogens is 504 g/mol. The number of H-pyrrole nitrogens is 1. The maximum Gasteiger partial charge on any atom is 0.324 e. The van der Waals surface area contributed by atoms with Gasteiger partial charge in [0, 0.05) is 16.7 Å². The second-order valence-corrected chi connectivity index (χ2v) is 13.4. The molecule has 212 valence electrons. The number of ether oxygens (including phenoxy) is 1. The van der Waals surface area contributed by atoms with Crippen molar-refractivity contribution in [2.45, 2.75) is 91.4 Å². The number of hydrogen-bond acceptors (Lipinski definition) is 6. The summed E-state index contributed by atoms with van der Waals surface area (Å²) >= 11 is 0. The Balaban J connectivity index is 2.11. The van der Waals surface area contributed by atoms with E-state index < -0.39 is 23.8 Å². The lowest BCUT2D eigenvalue weighted by Crippen LogP contribution is -2.32. The molecule has 2 aromatic carbocycles. The topological polar surface area (TPSA) is 129 Å². The molecule has 3 rings (SSSR count). The number of nitrogens with zero attached hydrogens (tertiary/aromatic N) is 3. The van der Waals surface area contributed by atoms with Crippen molar-refractivity contribution in [1.82, 2.24) is 15.2 Å². The molecule has 0 amide bonds. The van der Waals surface area contributed by atoms with Gasteiger partial charge < -0.3 is 9.84 Å². The fraction of sp³-hybridized carbons (Fsp3) is 0.469. The van der Waals surface area contributed by atoms with Crippen LogP contribution in [0.2, 0.25) is 0 Å². The van der Waals surface area contributed by atoms with Gasteiger partial charge in [-0.25, -0.2) is 4.98 Å². The van der Waals surface area contributed by atoms with Crippen LogP contribution in [0.15, 0.2) is 36.4 Å². The first-order valence-electron chi connectivity index (χ1n) is 13.4. The Bertz CT molecular complexity index is 1410. The Hall–Kier alpha value is -3.99. The van der Waals surface area contributed by atoms with E-state index in [-0.39, 0.29) is 27.9 Å². The van der Waals surface area contributed by atoms with Gasteiger partial charge >= 0.3 is 11.9 Å². The van der Waals surface area contributed by atoms with Crippen LogP contribution < -0.4 is 4.74 Å². The van der Waals surface area contributed by atoms with Crippen molar-refractivity contribution < 1.29 is 19.4 Å². The van der Waals surface area contributed by atoms with Crippen molar-refractivity contribution in [2.75, 3.05) is 0 Å². The molecule has 0 radical (unpaired) electrons. The van der Waals surface area contributed by atoms with E-state index in [9.17, 15) is 20.0 Å². The molecule has 0 aliphatic rings. The second-order valence-electron chi connectivity index (χ2n) is 13.4. The largest absolute Gasteiger partial charge is 0.480 e. The van der Waals surface area contributed by atoms with Gasteiger partial charge in [-0.05, 0) is 28.7 Å². The smallest absolute Gasteiger partial charge is 0.324 e. The molecule has 0 aliphatic carbocycles. The fourth-order valence-electron chi connectivity index (χ4n) is 4.50. The van der Waals surface area contributed by atoms with Gasteiger partial charge in [0.1, 0.15) is 17.5 Å². The molecular formula is C32H40N4O4. The summed E-state index contributed by atoms with van der Waals surface area (Å²) in [6.07, 6.45) is 0. The number of esters is 1. The molecule has 0 spiro atoms. The summed E-state index contributed by atoms with van der Waals surface area (Å²) in [7, 11) is 0. The molecule has 2 atom stereocenters. The number of aryl methyl sites for hydroxylation is 1. The molecule has 0 saturated heterocycles. The number of aliphatic carboxylic acids is 1. The van der Waals surface area contributed by atoms with Crippen LogP contribution >= 0.6 is 0 Å². The molecule has 0 fully saturated rings. The average Bonchev–Trinajstić information content (AvgIpc) is 3.30. The van der Waals surface area contributed by atoms with Crippen LogP contribution in [0.25, 0.3) is 11.4 Å². The van der Waals surface area contributed by atoms with E-state index in [1.54, 1.807) is 6.07 Å². The van der Waals surface area contributed by atoms with Crippen LogP contribution in [0.4, 0.5) is 0 Å². The Morgan fingerprint density at radius 1 is 0.925 bits per heavy atom. The lowest BCUT2D eigenvalue weighted by atomic mass is 9.78. The van der Waals surface area contributed by atoms with Gasteiger partial charge in [-0.1, -0.05) is 104 Å². The second kappa shape index (κ2) is 10.9. The number of carboxylic acid groups (broad SMARTS) is 1.